The summed E-state index contributed by atoms with van der Waals surface area (Å²) in [5.41, 5.74) is 0.365. The van der Waals surface area contributed by atoms with Gasteiger partial charge in [-0.3, -0.25) is 4.79 Å². The molecule has 6 nitrogen and oxygen atoms in total. The monoisotopic (exact) mass is 280 g/mol. The number of hydrogen-bond donors (Lipinski definition) is 2. The van der Waals surface area contributed by atoms with Crippen LogP contribution >= 0.6 is 11.6 Å². The summed E-state index contributed by atoms with van der Waals surface area (Å²) in [5, 5.41) is 15.2. The zero-order valence-electron chi connectivity index (χ0n) is 9.81. The number of halogens is 1. The van der Waals surface area contributed by atoms with E-state index in [-0.39, 0.29) is 22.0 Å². The molecule has 0 bridgehead atoms. The van der Waals surface area contributed by atoms with E-state index >= 15 is 0 Å². The van der Waals surface area contributed by atoms with Crippen molar-refractivity contribution in [1.82, 2.24) is 5.16 Å². The summed E-state index contributed by atoms with van der Waals surface area (Å²) in [7, 11) is 0. The second kappa shape index (κ2) is 5.11. The molecule has 1 aromatic heterocycles. The number of hydrogen-bond acceptors (Lipinski definition) is 4. The molecule has 2 N–H and O–H groups in total. The molecular weight excluding hydrogens is 272 g/mol. The van der Waals surface area contributed by atoms with Crippen LogP contribution in [0.2, 0.25) is 5.02 Å². The lowest BCUT2D eigenvalue weighted by Gasteiger charge is -2.05. The Balaban J connectivity index is 2.23. The second-order valence-corrected chi connectivity index (χ2v) is 4.25. The average molecular weight is 281 g/mol. The molecule has 0 radical (unpaired) electrons. The first kappa shape index (κ1) is 13.1. The van der Waals surface area contributed by atoms with Gasteiger partial charge in [0.05, 0.1) is 5.56 Å². The zero-order chi connectivity index (χ0) is 14.0. The van der Waals surface area contributed by atoms with Gasteiger partial charge >= 0.3 is 5.97 Å². The van der Waals surface area contributed by atoms with Gasteiger partial charge in [-0.1, -0.05) is 16.8 Å². The number of carboxylic acids is 1. The van der Waals surface area contributed by atoms with Crippen LogP contribution in [0.15, 0.2) is 28.8 Å². The summed E-state index contributed by atoms with van der Waals surface area (Å²) >= 11 is 5.78. The minimum atomic E-state index is -1.13. The number of benzene rings is 1. The SMILES string of the molecule is Cc1cc(C(=O)Nc2cc(Cl)cc(C(=O)O)c2)no1. The topological polar surface area (TPSA) is 92.4 Å². The van der Waals surface area contributed by atoms with E-state index in [1.165, 1.54) is 24.3 Å². The van der Waals surface area contributed by atoms with E-state index in [1.807, 2.05) is 0 Å². The van der Waals surface area contributed by atoms with Crippen LogP contribution in [0.5, 0.6) is 0 Å². The number of carbonyl (C=O) groups excluding carboxylic acids is 1. The van der Waals surface area contributed by atoms with E-state index in [9.17, 15) is 9.59 Å². The van der Waals surface area contributed by atoms with Crippen LogP contribution in [-0.4, -0.2) is 22.1 Å². The Morgan fingerprint density at radius 1 is 1.32 bits per heavy atom. The summed E-state index contributed by atoms with van der Waals surface area (Å²) in [6, 6.07) is 5.51. The van der Waals surface area contributed by atoms with Crippen LogP contribution < -0.4 is 5.32 Å². The standard InChI is InChI=1S/C12H9ClN2O4/c1-6-2-10(15-19-6)11(16)14-9-4-7(12(17)18)3-8(13)5-9/h2-5H,1H3,(H,14,16)(H,17,18). The van der Waals surface area contributed by atoms with Crippen molar-refractivity contribution in [2.75, 3.05) is 5.32 Å². The average Bonchev–Trinajstić information content (AvgIpc) is 2.75. The zero-order valence-corrected chi connectivity index (χ0v) is 10.6. The number of anilines is 1. The summed E-state index contributed by atoms with van der Waals surface area (Å²) in [5.74, 6) is -1.13. The lowest BCUT2D eigenvalue weighted by atomic mass is 10.2. The smallest absolute Gasteiger partial charge is 0.335 e. The maximum Gasteiger partial charge on any atom is 0.335 e. The van der Waals surface area contributed by atoms with Crippen LogP contribution in [0.3, 0.4) is 0 Å². The van der Waals surface area contributed by atoms with Crippen molar-refractivity contribution in [3.63, 3.8) is 0 Å². The number of aromatic nitrogens is 1. The predicted molar refractivity (Wildman–Crippen MR) is 67.6 cm³/mol. The van der Waals surface area contributed by atoms with Crippen molar-refractivity contribution < 1.29 is 19.2 Å². The molecule has 7 heteroatoms. The van der Waals surface area contributed by atoms with E-state index in [0.29, 0.717) is 5.76 Å². The van der Waals surface area contributed by atoms with Crippen molar-refractivity contribution >= 4 is 29.2 Å². The number of carbonyl (C=O) groups is 2. The van der Waals surface area contributed by atoms with E-state index in [1.54, 1.807) is 6.92 Å². The van der Waals surface area contributed by atoms with Crippen molar-refractivity contribution in [1.29, 1.82) is 0 Å². The highest BCUT2D eigenvalue weighted by atomic mass is 35.5. The molecule has 2 aromatic rings. The van der Waals surface area contributed by atoms with Crippen LogP contribution in [0.25, 0.3) is 0 Å². The third kappa shape index (κ3) is 3.11. The fourth-order valence-electron chi connectivity index (χ4n) is 1.45. The van der Waals surface area contributed by atoms with Gasteiger partial charge in [-0.15, -0.1) is 0 Å². The molecular formula is C12H9ClN2O4. The number of rotatable bonds is 3. The van der Waals surface area contributed by atoms with E-state index in [4.69, 9.17) is 21.2 Å². The van der Waals surface area contributed by atoms with Gasteiger partial charge in [-0.25, -0.2) is 4.79 Å². The number of amides is 1. The molecule has 0 unspecified atom stereocenters. The summed E-state index contributed by atoms with van der Waals surface area (Å²) < 4.78 is 4.78. The first-order chi connectivity index (χ1) is 8.95. The quantitative estimate of drug-likeness (QED) is 0.901. The molecule has 2 rings (SSSR count). The van der Waals surface area contributed by atoms with E-state index in [0.717, 1.165) is 0 Å². The second-order valence-electron chi connectivity index (χ2n) is 3.81. The third-order valence-electron chi connectivity index (χ3n) is 2.26. The summed E-state index contributed by atoms with van der Waals surface area (Å²) in [6.07, 6.45) is 0. The number of carboxylic acid groups (broad SMARTS) is 1. The van der Waals surface area contributed by atoms with Crippen LogP contribution in [0.1, 0.15) is 26.6 Å². The maximum atomic E-state index is 11.8. The summed E-state index contributed by atoms with van der Waals surface area (Å²) in [6.45, 7) is 1.66. The first-order valence-corrected chi connectivity index (χ1v) is 5.62. The van der Waals surface area contributed by atoms with Gasteiger partial charge in [0.15, 0.2) is 5.69 Å². The normalized spacial score (nSPS) is 10.2. The van der Waals surface area contributed by atoms with E-state index < -0.39 is 11.9 Å². The number of aromatic carboxylic acids is 1. The third-order valence-corrected chi connectivity index (χ3v) is 2.48. The lowest BCUT2D eigenvalue weighted by molar-refractivity contribution is 0.0696. The Labute approximate surface area is 113 Å². The van der Waals surface area contributed by atoms with Gasteiger partial charge in [0, 0.05) is 16.8 Å². The maximum absolute atomic E-state index is 11.8. The summed E-state index contributed by atoms with van der Waals surface area (Å²) in [4.78, 5) is 22.7. The highest BCUT2D eigenvalue weighted by Crippen LogP contribution is 2.20. The highest BCUT2D eigenvalue weighted by molar-refractivity contribution is 6.31. The predicted octanol–water partition coefficient (Wildman–Crippen LogP) is 2.59. The van der Waals surface area contributed by atoms with Crippen molar-refractivity contribution in [2.24, 2.45) is 0 Å². The molecule has 0 spiro atoms. The number of nitrogens with zero attached hydrogens (tertiary/aromatic N) is 1. The van der Waals surface area contributed by atoms with Gasteiger partial charge in [0.1, 0.15) is 5.76 Å². The molecule has 1 heterocycles. The van der Waals surface area contributed by atoms with Gasteiger partial charge < -0.3 is 14.9 Å². The highest BCUT2D eigenvalue weighted by Gasteiger charge is 2.13. The Morgan fingerprint density at radius 3 is 2.63 bits per heavy atom. The molecule has 0 aliphatic rings. The molecule has 0 atom stereocenters. The molecule has 0 aliphatic carbocycles. The molecule has 1 amide bonds. The molecule has 0 saturated heterocycles. The van der Waals surface area contributed by atoms with Crippen LogP contribution in [-0.2, 0) is 0 Å². The van der Waals surface area contributed by atoms with Crippen LogP contribution in [0.4, 0.5) is 5.69 Å². The van der Waals surface area contributed by atoms with Gasteiger partial charge in [0.25, 0.3) is 5.91 Å². The largest absolute Gasteiger partial charge is 0.478 e. The molecule has 0 saturated carbocycles. The number of aryl methyl sites for hydroxylation is 1. The van der Waals surface area contributed by atoms with Gasteiger partial charge in [-0.2, -0.15) is 0 Å². The fraction of sp³-hybridized carbons (Fsp3) is 0.0833. The fourth-order valence-corrected chi connectivity index (χ4v) is 1.69. The Bertz CT molecular complexity index is 651. The Kier molecular flexibility index (Phi) is 3.52. The van der Waals surface area contributed by atoms with Gasteiger partial charge in [0.2, 0.25) is 0 Å². The van der Waals surface area contributed by atoms with Crippen molar-refractivity contribution in [2.45, 2.75) is 6.92 Å². The van der Waals surface area contributed by atoms with Crippen LogP contribution in [0, 0.1) is 6.92 Å². The van der Waals surface area contributed by atoms with Crippen molar-refractivity contribution in [3.8, 4) is 0 Å². The molecule has 0 fully saturated rings. The van der Waals surface area contributed by atoms with Crippen molar-refractivity contribution in [3.05, 3.63) is 46.3 Å². The lowest BCUT2D eigenvalue weighted by Crippen LogP contribution is -2.12. The molecule has 98 valence electrons. The Hall–Kier alpha value is -2.34. The minimum Gasteiger partial charge on any atom is -0.478 e. The first-order valence-electron chi connectivity index (χ1n) is 5.24. The molecule has 1 aromatic carbocycles. The minimum absolute atomic E-state index is 0.0147. The number of nitrogens with one attached hydrogen (secondary N) is 1. The van der Waals surface area contributed by atoms with E-state index in [2.05, 4.69) is 10.5 Å². The van der Waals surface area contributed by atoms with Gasteiger partial charge in [-0.05, 0) is 25.1 Å². The molecule has 0 aliphatic heterocycles. The Morgan fingerprint density at radius 2 is 2.05 bits per heavy atom. The molecule has 19 heavy (non-hydrogen) atoms.